The summed E-state index contributed by atoms with van der Waals surface area (Å²) in [6.45, 7) is 0. The lowest BCUT2D eigenvalue weighted by atomic mass is 9.96. The van der Waals surface area contributed by atoms with Crippen molar-refractivity contribution in [3.8, 4) is 11.5 Å². The molecule has 22 heavy (non-hydrogen) atoms. The topological polar surface area (TPSA) is 69.1 Å². The first-order valence-electron chi connectivity index (χ1n) is 7.46. The molecule has 0 spiro atoms. The fourth-order valence-corrected chi connectivity index (χ4v) is 2.51. The molecule has 1 amide bonds. The molecular formula is C16H22N2O4. The van der Waals surface area contributed by atoms with E-state index in [0.29, 0.717) is 17.1 Å². The van der Waals surface area contributed by atoms with Crippen LogP contribution in [-0.2, 0) is 4.84 Å². The first kappa shape index (κ1) is 16.1. The molecule has 120 valence electrons. The molecule has 1 aliphatic carbocycles. The third-order valence-corrected chi connectivity index (χ3v) is 3.69. The van der Waals surface area contributed by atoms with Crippen molar-refractivity contribution in [1.29, 1.82) is 0 Å². The van der Waals surface area contributed by atoms with Gasteiger partial charge in [0, 0.05) is 11.6 Å². The van der Waals surface area contributed by atoms with E-state index in [9.17, 15) is 4.79 Å². The van der Waals surface area contributed by atoms with Gasteiger partial charge in [-0.05, 0) is 31.0 Å². The highest BCUT2D eigenvalue weighted by atomic mass is 16.7. The number of carbonyl (C=O) groups excluding carboxylic acids is 1. The summed E-state index contributed by atoms with van der Waals surface area (Å²) in [6.07, 6.45) is 6.45. The van der Waals surface area contributed by atoms with Crippen LogP contribution in [0.3, 0.4) is 0 Å². The van der Waals surface area contributed by atoms with Gasteiger partial charge in [0.15, 0.2) is 0 Å². The van der Waals surface area contributed by atoms with Crippen LogP contribution in [0.4, 0.5) is 4.79 Å². The molecule has 0 unspecified atom stereocenters. The maximum Gasteiger partial charge on any atom is 0.433 e. The number of nitrogens with zero attached hydrogens (tertiary/aromatic N) is 1. The molecule has 1 N–H and O–H groups in total. The zero-order valence-electron chi connectivity index (χ0n) is 13.0. The van der Waals surface area contributed by atoms with Crippen LogP contribution in [0.15, 0.2) is 23.4 Å². The van der Waals surface area contributed by atoms with Gasteiger partial charge < -0.3 is 14.8 Å². The van der Waals surface area contributed by atoms with Gasteiger partial charge in [-0.1, -0.05) is 24.4 Å². The summed E-state index contributed by atoms with van der Waals surface area (Å²) in [4.78, 5) is 16.5. The average molecular weight is 306 g/mol. The summed E-state index contributed by atoms with van der Waals surface area (Å²) in [6, 6.07) is 5.50. The molecule has 0 aromatic heterocycles. The number of methoxy groups -OCH3 is 2. The van der Waals surface area contributed by atoms with Gasteiger partial charge in [0.2, 0.25) is 0 Å². The van der Waals surface area contributed by atoms with Crippen molar-refractivity contribution in [1.82, 2.24) is 5.32 Å². The molecule has 0 saturated heterocycles. The summed E-state index contributed by atoms with van der Waals surface area (Å²) in [5.41, 5.74) is 0.673. The monoisotopic (exact) mass is 306 g/mol. The number of amides is 1. The summed E-state index contributed by atoms with van der Waals surface area (Å²) in [7, 11) is 3.15. The van der Waals surface area contributed by atoms with E-state index >= 15 is 0 Å². The maximum absolute atomic E-state index is 11.7. The molecule has 0 atom stereocenters. The Balaban J connectivity index is 1.89. The number of ether oxygens (including phenoxy) is 2. The van der Waals surface area contributed by atoms with Crippen LogP contribution in [0.1, 0.15) is 37.7 Å². The van der Waals surface area contributed by atoms with Gasteiger partial charge >= 0.3 is 6.09 Å². The summed E-state index contributed by atoms with van der Waals surface area (Å²) >= 11 is 0. The van der Waals surface area contributed by atoms with Crippen LogP contribution in [-0.4, -0.2) is 32.6 Å². The highest BCUT2D eigenvalue weighted by Gasteiger charge is 2.16. The second-order valence-corrected chi connectivity index (χ2v) is 5.20. The van der Waals surface area contributed by atoms with Gasteiger partial charge in [-0.25, -0.2) is 4.79 Å². The molecule has 1 aromatic rings. The molecule has 1 aliphatic rings. The average Bonchev–Trinajstić information content (AvgIpc) is 2.55. The van der Waals surface area contributed by atoms with E-state index in [-0.39, 0.29) is 6.04 Å². The fraction of sp³-hybridized carbons (Fsp3) is 0.500. The number of hydrogen-bond donors (Lipinski definition) is 1. The molecule has 0 heterocycles. The molecule has 6 heteroatoms. The maximum atomic E-state index is 11.7. The van der Waals surface area contributed by atoms with Gasteiger partial charge in [-0.3, -0.25) is 4.84 Å². The van der Waals surface area contributed by atoms with Crippen molar-refractivity contribution in [3.63, 3.8) is 0 Å². The van der Waals surface area contributed by atoms with Crippen molar-refractivity contribution < 1.29 is 19.1 Å². The molecule has 2 rings (SSSR count). The van der Waals surface area contributed by atoms with Crippen LogP contribution < -0.4 is 14.8 Å². The number of benzene rings is 1. The number of oxime groups is 1. The van der Waals surface area contributed by atoms with Gasteiger partial charge in [-0.2, -0.15) is 0 Å². The second kappa shape index (κ2) is 8.26. The van der Waals surface area contributed by atoms with Crippen molar-refractivity contribution in [2.24, 2.45) is 5.16 Å². The van der Waals surface area contributed by atoms with E-state index in [1.54, 1.807) is 32.4 Å². The molecule has 1 saturated carbocycles. The van der Waals surface area contributed by atoms with E-state index in [1.165, 1.54) is 12.6 Å². The smallest absolute Gasteiger partial charge is 0.433 e. The summed E-state index contributed by atoms with van der Waals surface area (Å²) in [5, 5.41) is 6.54. The largest absolute Gasteiger partial charge is 0.497 e. The summed E-state index contributed by atoms with van der Waals surface area (Å²) in [5.74, 6) is 1.30. The zero-order chi connectivity index (χ0) is 15.8. The van der Waals surface area contributed by atoms with E-state index in [4.69, 9.17) is 14.3 Å². The van der Waals surface area contributed by atoms with Gasteiger partial charge in [0.1, 0.15) is 11.5 Å². The minimum atomic E-state index is -0.523. The molecule has 0 bridgehead atoms. The second-order valence-electron chi connectivity index (χ2n) is 5.20. The predicted molar refractivity (Wildman–Crippen MR) is 83.6 cm³/mol. The van der Waals surface area contributed by atoms with Crippen LogP contribution in [0.2, 0.25) is 0 Å². The number of nitrogens with one attached hydrogen (secondary N) is 1. The summed E-state index contributed by atoms with van der Waals surface area (Å²) < 4.78 is 10.4. The minimum Gasteiger partial charge on any atom is -0.497 e. The number of carbonyl (C=O) groups is 1. The lowest BCUT2D eigenvalue weighted by Crippen LogP contribution is -2.35. The first-order chi connectivity index (χ1) is 10.7. The van der Waals surface area contributed by atoms with Crippen LogP contribution in [0, 0.1) is 0 Å². The predicted octanol–water partition coefficient (Wildman–Crippen LogP) is 3.10. The zero-order valence-corrected chi connectivity index (χ0v) is 13.0. The van der Waals surface area contributed by atoms with Gasteiger partial charge in [0.25, 0.3) is 0 Å². The molecule has 1 aromatic carbocycles. The standard InChI is InChI=1S/C16H22N2O4/c1-20-14-8-9-15(21-2)12(10-14)11-17-22-16(19)18-13-6-4-3-5-7-13/h8-11,13H,3-7H2,1-2H3,(H,18,19)/b17-11+. The Labute approximate surface area is 130 Å². The van der Waals surface area contributed by atoms with E-state index < -0.39 is 6.09 Å². The van der Waals surface area contributed by atoms with Gasteiger partial charge in [0.05, 0.1) is 20.4 Å². The third-order valence-electron chi connectivity index (χ3n) is 3.69. The number of rotatable bonds is 5. The van der Waals surface area contributed by atoms with E-state index in [2.05, 4.69) is 10.5 Å². The minimum absolute atomic E-state index is 0.197. The van der Waals surface area contributed by atoms with Crippen LogP contribution in [0.5, 0.6) is 11.5 Å². The van der Waals surface area contributed by atoms with Crippen LogP contribution >= 0.6 is 0 Å². The Morgan fingerprint density at radius 1 is 1.23 bits per heavy atom. The number of hydrogen-bond acceptors (Lipinski definition) is 5. The van der Waals surface area contributed by atoms with Crippen LogP contribution in [0.25, 0.3) is 0 Å². The van der Waals surface area contributed by atoms with Crippen molar-refractivity contribution in [3.05, 3.63) is 23.8 Å². The molecule has 1 fully saturated rings. The Kier molecular flexibility index (Phi) is 6.06. The van der Waals surface area contributed by atoms with Crippen molar-refractivity contribution in [2.45, 2.75) is 38.1 Å². The Hall–Kier alpha value is -2.24. The quantitative estimate of drug-likeness (QED) is 0.515. The highest BCUT2D eigenvalue weighted by molar-refractivity contribution is 5.84. The normalized spacial score (nSPS) is 15.5. The molecular weight excluding hydrogens is 284 g/mol. The fourth-order valence-electron chi connectivity index (χ4n) is 2.51. The van der Waals surface area contributed by atoms with E-state index in [0.717, 1.165) is 25.7 Å². The molecule has 0 radical (unpaired) electrons. The lowest BCUT2D eigenvalue weighted by Gasteiger charge is -2.21. The first-order valence-corrected chi connectivity index (χ1v) is 7.46. The molecule has 0 aliphatic heterocycles. The lowest BCUT2D eigenvalue weighted by molar-refractivity contribution is 0.144. The van der Waals surface area contributed by atoms with E-state index in [1.807, 2.05) is 0 Å². The molecule has 6 nitrogen and oxygen atoms in total. The highest BCUT2D eigenvalue weighted by Crippen LogP contribution is 2.22. The van der Waals surface area contributed by atoms with Gasteiger partial charge in [-0.15, -0.1) is 0 Å². The Morgan fingerprint density at radius 2 is 2.00 bits per heavy atom. The Bertz CT molecular complexity index is 525. The SMILES string of the molecule is COc1ccc(OC)c(/C=N/OC(=O)NC2CCCCC2)c1. The third kappa shape index (κ3) is 4.65. The van der Waals surface area contributed by atoms with Crippen molar-refractivity contribution >= 4 is 12.3 Å². The van der Waals surface area contributed by atoms with Crippen molar-refractivity contribution in [2.75, 3.05) is 14.2 Å². The Morgan fingerprint density at radius 3 is 2.68 bits per heavy atom.